The Morgan fingerprint density at radius 2 is 1.94 bits per heavy atom. The molecule has 1 aliphatic rings. The molecular formula is C20H20N6O3S3. The van der Waals surface area contributed by atoms with E-state index in [1.807, 2.05) is 43.5 Å². The largest absolute Gasteiger partial charge is 0.312 e. The Morgan fingerprint density at radius 1 is 1.16 bits per heavy atom. The van der Waals surface area contributed by atoms with Crippen LogP contribution in [0.25, 0.3) is 0 Å². The van der Waals surface area contributed by atoms with Crippen LogP contribution in [0.3, 0.4) is 0 Å². The average molecular weight is 489 g/mol. The molecule has 1 saturated heterocycles. The van der Waals surface area contributed by atoms with Crippen LogP contribution >= 0.6 is 34.4 Å². The Balaban J connectivity index is 1.27. The number of nitrogens with one attached hydrogen (secondary N) is 2. The third-order valence-corrected chi connectivity index (χ3v) is 7.52. The number of hydrogen-bond donors (Lipinski definition) is 2. The van der Waals surface area contributed by atoms with Crippen molar-refractivity contribution < 1.29 is 14.4 Å². The number of amides is 3. The van der Waals surface area contributed by atoms with Gasteiger partial charge in [-0.1, -0.05) is 40.8 Å². The lowest BCUT2D eigenvalue weighted by Crippen LogP contribution is -2.28. The van der Waals surface area contributed by atoms with Crippen LogP contribution < -0.4 is 15.5 Å². The van der Waals surface area contributed by atoms with Crippen molar-refractivity contribution in [2.45, 2.75) is 24.6 Å². The molecule has 1 aromatic carbocycles. The van der Waals surface area contributed by atoms with Gasteiger partial charge in [-0.2, -0.15) is 0 Å². The molecule has 0 aliphatic carbocycles. The molecule has 0 spiro atoms. The van der Waals surface area contributed by atoms with Gasteiger partial charge < -0.3 is 15.5 Å². The minimum absolute atomic E-state index is 0.0797. The molecule has 0 radical (unpaired) electrons. The van der Waals surface area contributed by atoms with Gasteiger partial charge >= 0.3 is 0 Å². The second-order valence-corrected chi connectivity index (χ2v) is 10.3. The summed E-state index contributed by atoms with van der Waals surface area (Å²) in [6, 6.07) is 7.64. The quantitative estimate of drug-likeness (QED) is 0.387. The molecule has 9 nitrogen and oxygen atoms in total. The summed E-state index contributed by atoms with van der Waals surface area (Å²) in [5.74, 6) is -0.840. The third kappa shape index (κ3) is 5.50. The summed E-state index contributed by atoms with van der Waals surface area (Å²) in [6.45, 7) is 4.17. The van der Waals surface area contributed by atoms with Crippen LogP contribution in [0.15, 0.2) is 34.0 Å². The number of nitrogens with zero attached hydrogens (tertiary/aromatic N) is 4. The van der Waals surface area contributed by atoms with Crippen molar-refractivity contribution in [2.24, 2.45) is 5.92 Å². The lowest BCUT2D eigenvalue weighted by molar-refractivity contribution is -0.122. The molecule has 3 aromatic rings. The average Bonchev–Trinajstić information content (AvgIpc) is 3.48. The third-order valence-electron chi connectivity index (χ3n) is 4.67. The molecule has 4 rings (SSSR count). The molecule has 12 heteroatoms. The number of hydrogen-bond acceptors (Lipinski definition) is 9. The molecule has 2 N–H and O–H groups in total. The molecule has 1 fully saturated rings. The maximum Gasteiger partial charge on any atom is 0.236 e. The molecule has 0 unspecified atom stereocenters. The summed E-state index contributed by atoms with van der Waals surface area (Å²) in [6.07, 6.45) is 0.149. The van der Waals surface area contributed by atoms with Gasteiger partial charge in [-0.15, -0.1) is 21.5 Å². The topological polar surface area (TPSA) is 117 Å². The van der Waals surface area contributed by atoms with Gasteiger partial charge in [0.2, 0.25) is 22.9 Å². The van der Waals surface area contributed by atoms with E-state index >= 15 is 0 Å². The normalized spacial score (nSPS) is 15.8. The lowest BCUT2D eigenvalue weighted by Gasteiger charge is -2.16. The summed E-state index contributed by atoms with van der Waals surface area (Å²) >= 11 is 3.79. The first-order chi connectivity index (χ1) is 15.4. The van der Waals surface area contributed by atoms with E-state index < -0.39 is 5.92 Å². The van der Waals surface area contributed by atoms with Crippen LogP contribution in [0.2, 0.25) is 0 Å². The smallest absolute Gasteiger partial charge is 0.236 e. The van der Waals surface area contributed by atoms with E-state index in [1.54, 1.807) is 4.90 Å². The van der Waals surface area contributed by atoms with Crippen LogP contribution in [-0.2, 0) is 14.4 Å². The van der Waals surface area contributed by atoms with Crippen LogP contribution in [0, 0.1) is 19.8 Å². The first-order valence-electron chi connectivity index (χ1n) is 9.73. The molecule has 166 valence electrons. The highest BCUT2D eigenvalue weighted by Gasteiger charge is 2.35. The molecular weight excluding hydrogens is 468 g/mol. The number of carbonyl (C=O) groups excluding carboxylic acids is 3. The lowest BCUT2D eigenvalue weighted by atomic mass is 10.1. The van der Waals surface area contributed by atoms with E-state index in [0.29, 0.717) is 21.1 Å². The van der Waals surface area contributed by atoms with E-state index in [1.165, 1.54) is 34.4 Å². The fourth-order valence-corrected chi connectivity index (χ4v) is 5.34. The maximum atomic E-state index is 12.6. The number of carbonyl (C=O) groups is 3. The Kier molecular flexibility index (Phi) is 6.82. The fourth-order valence-electron chi connectivity index (χ4n) is 3.08. The Morgan fingerprint density at radius 3 is 2.66 bits per heavy atom. The number of rotatable bonds is 7. The summed E-state index contributed by atoms with van der Waals surface area (Å²) in [7, 11) is 0. The molecule has 32 heavy (non-hydrogen) atoms. The van der Waals surface area contributed by atoms with Crippen LogP contribution in [0.1, 0.15) is 17.7 Å². The highest BCUT2D eigenvalue weighted by molar-refractivity contribution is 8.01. The van der Waals surface area contributed by atoms with Crippen molar-refractivity contribution in [3.8, 4) is 0 Å². The van der Waals surface area contributed by atoms with Crippen LogP contribution in [0.4, 0.5) is 16.0 Å². The second kappa shape index (κ2) is 9.76. The van der Waals surface area contributed by atoms with Gasteiger partial charge in [-0.3, -0.25) is 14.4 Å². The summed E-state index contributed by atoms with van der Waals surface area (Å²) < 4.78 is 0.564. The summed E-state index contributed by atoms with van der Waals surface area (Å²) in [5.41, 5.74) is 2.75. The van der Waals surface area contributed by atoms with Crippen molar-refractivity contribution in [2.75, 3.05) is 27.8 Å². The minimum Gasteiger partial charge on any atom is -0.312 e. The highest BCUT2D eigenvalue weighted by Crippen LogP contribution is 2.29. The predicted octanol–water partition coefficient (Wildman–Crippen LogP) is 3.33. The highest BCUT2D eigenvalue weighted by atomic mass is 32.2. The van der Waals surface area contributed by atoms with Crippen molar-refractivity contribution >= 4 is 68.1 Å². The first-order valence-corrected chi connectivity index (χ1v) is 12.4. The maximum absolute atomic E-state index is 12.6. The zero-order valence-corrected chi connectivity index (χ0v) is 19.8. The van der Waals surface area contributed by atoms with E-state index in [0.717, 1.165) is 16.9 Å². The monoisotopic (exact) mass is 488 g/mol. The van der Waals surface area contributed by atoms with E-state index in [-0.39, 0.29) is 29.9 Å². The van der Waals surface area contributed by atoms with Gasteiger partial charge in [0.05, 0.1) is 17.4 Å². The van der Waals surface area contributed by atoms with Crippen molar-refractivity contribution in [3.63, 3.8) is 0 Å². The molecule has 0 bridgehead atoms. The molecule has 1 aliphatic heterocycles. The standard InChI is InChI=1S/C20H20N6O3S3/c1-11-3-5-14(6-4-11)26-8-13(7-16(26)28)17(29)23-19-24-25-20(32-19)31-10-15(27)22-18-21-12(2)9-30-18/h3-6,9,13H,7-8,10H2,1-2H3,(H,21,22,27)(H,23,24,29)/t13-/m1/s1. The summed E-state index contributed by atoms with van der Waals surface area (Å²) in [4.78, 5) is 42.9. The Hall–Kier alpha value is -2.83. The zero-order valence-electron chi connectivity index (χ0n) is 17.3. The number of thiazole rings is 1. The predicted molar refractivity (Wildman–Crippen MR) is 126 cm³/mol. The minimum atomic E-state index is -0.462. The first kappa shape index (κ1) is 22.4. The van der Waals surface area contributed by atoms with Gasteiger partial charge in [-0.25, -0.2) is 4.98 Å². The molecule has 3 heterocycles. The molecule has 0 saturated carbocycles. The zero-order chi connectivity index (χ0) is 22.7. The van der Waals surface area contributed by atoms with E-state index in [2.05, 4.69) is 25.8 Å². The Labute approximate surface area is 196 Å². The van der Waals surface area contributed by atoms with Gasteiger partial charge in [0, 0.05) is 24.0 Å². The van der Waals surface area contributed by atoms with Crippen molar-refractivity contribution in [1.29, 1.82) is 0 Å². The van der Waals surface area contributed by atoms with Crippen LogP contribution in [0.5, 0.6) is 0 Å². The van der Waals surface area contributed by atoms with Gasteiger partial charge in [0.1, 0.15) is 0 Å². The number of thioether (sulfide) groups is 1. The second-order valence-electron chi connectivity index (χ2n) is 7.23. The van der Waals surface area contributed by atoms with E-state index in [4.69, 9.17) is 0 Å². The van der Waals surface area contributed by atoms with Gasteiger partial charge in [0.15, 0.2) is 9.47 Å². The van der Waals surface area contributed by atoms with Gasteiger partial charge in [0.25, 0.3) is 0 Å². The summed E-state index contributed by atoms with van der Waals surface area (Å²) in [5, 5.41) is 16.2. The SMILES string of the molecule is Cc1ccc(N2C[C@H](C(=O)Nc3nnc(SCC(=O)Nc4nc(C)cs4)s3)CC2=O)cc1. The number of benzene rings is 1. The molecule has 2 aromatic heterocycles. The van der Waals surface area contributed by atoms with Crippen molar-refractivity contribution in [1.82, 2.24) is 15.2 Å². The van der Waals surface area contributed by atoms with Crippen molar-refractivity contribution in [3.05, 3.63) is 40.9 Å². The number of anilines is 3. The molecule has 3 amide bonds. The number of aryl methyl sites for hydroxylation is 2. The number of aromatic nitrogens is 3. The fraction of sp³-hybridized carbons (Fsp3) is 0.300. The molecule has 1 atom stereocenters. The Bertz CT molecular complexity index is 1140. The van der Waals surface area contributed by atoms with Crippen LogP contribution in [-0.4, -0.2) is 45.2 Å². The van der Waals surface area contributed by atoms with E-state index in [9.17, 15) is 14.4 Å². The van der Waals surface area contributed by atoms with Gasteiger partial charge in [-0.05, 0) is 26.0 Å².